The van der Waals surface area contributed by atoms with Gasteiger partial charge in [0.1, 0.15) is 36.9 Å². The standard InChI is InChI=1S/C17H14O.C11H19NO8.C9H18O.C4H4N2O2/c18-10-11-9-16-12-5-1-3-7-14(12)17(11)15-8-4-2-6-13(15)16;1-4(10(16)17)19-9-7(12-5(2)14)11(18)20-6(3-13)8(9)15;1-3-4-5-6-7-9(2)8-10;7-2-3-1-5-4(8)6-3/h1-8,10-11,16-17H,9H2;4,6-9,11,13,15,18H,3H2,1-2H3,(H,12,14)(H,16,17);8-9H,3-7H2,1-2H3;1-2H,(H2,5,6,8)/t;4-,6-,7-,8-,9-,11?;;/m.1../s1. The molecular weight excluding hydrogens is 726 g/mol. The van der Waals surface area contributed by atoms with E-state index in [1.54, 1.807) is 0 Å². The smallest absolute Gasteiger partial charge is 0.332 e. The molecule has 1 amide bonds. The van der Waals surface area contributed by atoms with Crippen LogP contribution >= 0.6 is 0 Å². The van der Waals surface area contributed by atoms with Gasteiger partial charge in [-0.05, 0) is 42.0 Å². The van der Waals surface area contributed by atoms with Crippen LogP contribution in [-0.2, 0) is 28.7 Å². The number of nitrogens with one attached hydrogen (secondary N) is 3. The Bertz CT molecular complexity index is 1730. The minimum absolute atomic E-state index is 0.153. The van der Waals surface area contributed by atoms with Gasteiger partial charge in [0.2, 0.25) is 5.91 Å². The number of fused-ring (bicyclic) bond motifs is 1. The lowest BCUT2D eigenvalue weighted by atomic mass is 9.59. The van der Waals surface area contributed by atoms with Crippen molar-refractivity contribution < 1.29 is 53.9 Å². The van der Waals surface area contributed by atoms with Crippen molar-refractivity contribution in [1.82, 2.24) is 15.3 Å². The molecule has 1 saturated heterocycles. The van der Waals surface area contributed by atoms with Crippen LogP contribution < -0.4 is 11.0 Å². The van der Waals surface area contributed by atoms with Crippen LogP contribution in [0.3, 0.4) is 0 Å². The van der Waals surface area contributed by atoms with E-state index in [0.717, 1.165) is 25.4 Å². The van der Waals surface area contributed by atoms with Crippen molar-refractivity contribution in [2.75, 3.05) is 6.61 Å². The molecule has 0 saturated carbocycles. The van der Waals surface area contributed by atoms with Crippen molar-refractivity contribution in [3.8, 4) is 0 Å². The number of aliphatic hydroxyl groups excluding tert-OH is 3. The third kappa shape index (κ3) is 12.4. The summed E-state index contributed by atoms with van der Waals surface area (Å²) in [6.07, 6.45) is 4.65. The molecule has 3 aromatic rings. The van der Waals surface area contributed by atoms with Gasteiger partial charge in [-0.3, -0.25) is 9.59 Å². The molecule has 2 aromatic carbocycles. The summed E-state index contributed by atoms with van der Waals surface area (Å²) in [6.45, 7) is 6.03. The Kier molecular flexibility index (Phi) is 18.5. The van der Waals surface area contributed by atoms with Crippen LogP contribution in [0, 0.1) is 11.8 Å². The molecule has 0 spiro atoms. The summed E-state index contributed by atoms with van der Waals surface area (Å²) >= 11 is 0. The zero-order valence-corrected chi connectivity index (χ0v) is 32.2. The van der Waals surface area contributed by atoms with Crippen molar-refractivity contribution in [3.05, 3.63) is 93.2 Å². The van der Waals surface area contributed by atoms with E-state index in [4.69, 9.17) is 19.7 Å². The number of ether oxygens (including phenoxy) is 2. The molecule has 1 aromatic heterocycles. The molecule has 2 bridgehead atoms. The molecule has 15 heteroatoms. The molecule has 1 fully saturated rings. The zero-order chi connectivity index (χ0) is 41.4. The SMILES string of the molecule is CC(=O)N[C@H]1C(O)O[C@H](CO)[C@@H](O)[C@@H]1O[C@H](C)C(=O)O.CCCCCCC(C)C=O.O=CC1CC2c3ccccc3C1c1ccccc12.O=Cc1c[nH]c(=O)[nH]1. The quantitative estimate of drug-likeness (QED) is 0.0977. The highest BCUT2D eigenvalue weighted by molar-refractivity contribution is 5.73. The number of aromatic amines is 2. The van der Waals surface area contributed by atoms with E-state index in [-0.39, 0.29) is 29.1 Å². The summed E-state index contributed by atoms with van der Waals surface area (Å²) in [5.41, 5.74) is 5.51. The molecular formula is C41H55N3O12. The van der Waals surface area contributed by atoms with Gasteiger partial charge < -0.3 is 54.8 Å². The summed E-state index contributed by atoms with van der Waals surface area (Å²) in [5, 5.41) is 40.0. The van der Waals surface area contributed by atoms with Crippen LogP contribution in [0.5, 0.6) is 0 Å². The number of benzene rings is 2. The maximum absolute atomic E-state index is 11.4. The second-order valence-corrected chi connectivity index (χ2v) is 14.1. The summed E-state index contributed by atoms with van der Waals surface area (Å²) in [7, 11) is 0. The molecule has 306 valence electrons. The second-order valence-electron chi connectivity index (χ2n) is 14.1. The maximum Gasteiger partial charge on any atom is 0.332 e. The lowest BCUT2D eigenvalue weighted by molar-refractivity contribution is -0.267. The predicted molar refractivity (Wildman–Crippen MR) is 205 cm³/mol. The van der Waals surface area contributed by atoms with Gasteiger partial charge in [0.25, 0.3) is 0 Å². The number of rotatable bonds is 13. The summed E-state index contributed by atoms with van der Waals surface area (Å²) in [6, 6.07) is 16.1. The van der Waals surface area contributed by atoms with Crippen LogP contribution in [0.4, 0.5) is 0 Å². The monoisotopic (exact) mass is 781 g/mol. The van der Waals surface area contributed by atoms with Crippen LogP contribution in [0.15, 0.2) is 59.5 Å². The fourth-order valence-electron chi connectivity index (χ4n) is 7.12. The van der Waals surface area contributed by atoms with Crippen molar-refractivity contribution in [1.29, 1.82) is 0 Å². The number of aliphatic carboxylic acids is 1. The first-order valence-electron chi connectivity index (χ1n) is 18.9. The second kappa shape index (κ2) is 22.7. The number of carbonyl (C=O) groups excluding carboxylic acids is 4. The van der Waals surface area contributed by atoms with Gasteiger partial charge in [-0.25, -0.2) is 9.59 Å². The Labute approximate surface area is 325 Å². The number of carboxylic acid groups (broad SMARTS) is 1. The number of H-pyrrole nitrogens is 2. The largest absolute Gasteiger partial charge is 0.479 e. The molecule has 15 nitrogen and oxygen atoms in total. The Morgan fingerprint density at radius 2 is 1.59 bits per heavy atom. The number of hydrogen-bond acceptors (Lipinski definition) is 11. The summed E-state index contributed by atoms with van der Waals surface area (Å²) in [5.74, 6) is -0.654. The zero-order valence-electron chi connectivity index (χ0n) is 32.2. The van der Waals surface area contributed by atoms with Gasteiger partial charge in [-0.2, -0.15) is 0 Å². The van der Waals surface area contributed by atoms with Crippen LogP contribution in [0.25, 0.3) is 0 Å². The first-order chi connectivity index (χ1) is 26.8. The lowest BCUT2D eigenvalue weighted by Gasteiger charge is -2.43. The Balaban J connectivity index is 0.000000213. The van der Waals surface area contributed by atoms with Gasteiger partial charge in [-0.1, -0.05) is 88.1 Å². The van der Waals surface area contributed by atoms with E-state index in [2.05, 4.69) is 70.7 Å². The highest BCUT2D eigenvalue weighted by Gasteiger charge is 2.47. The average molecular weight is 782 g/mol. The maximum atomic E-state index is 11.4. The van der Waals surface area contributed by atoms with Gasteiger partial charge in [-0.15, -0.1) is 0 Å². The minimum Gasteiger partial charge on any atom is -0.479 e. The molecule has 7 rings (SSSR count). The van der Waals surface area contributed by atoms with Gasteiger partial charge >= 0.3 is 11.7 Å². The summed E-state index contributed by atoms with van der Waals surface area (Å²) < 4.78 is 10.1. The van der Waals surface area contributed by atoms with Crippen LogP contribution in [0.1, 0.15) is 111 Å². The number of carbonyl (C=O) groups is 5. The fraction of sp³-hybridized carbons (Fsp3) is 0.512. The van der Waals surface area contributed by atoms with E-state index in [1.165, 1.54) is 68.0 Å². The average Bonchev–Trinajstić information content (AvgIpc) is 3.64. The molecule has 7 N–H and O–H groups in total. The Morgan fingerprint density at radius 3 is 2.04 bits per heavy atom. The molecule has 4 aliphatic rings. The molecule has 56 heavy (non-hydrogen) atoms. The third-order valence-corrected chi connectivity index (χ3v) is 9.96. The summed E-state index contributed by atoms with van der Waals surface area (Å²) in [4.78, 5) is 68.0. The first kappa shape index (κ1) is 45.6. The Morgan fingerprint density at radius 1 is 0.982 bits per heavy atom. The molecule has 1 aliphatic heterocycles. The number of aliphatic hydroxyl groups is 3. The van der Waals surface area contributed by atoms with Crippen molar-refractivity contribution in [3.63, 3.8) is 0 Å². The number of hydrogen-bond donors (Lipinski definition) is 7. The lowest BCUT2D eigenvalue weighted by Crippen LogP contribution is -2.65. The van der Waals surface area contributed by atoms with Crippen LogP contribution in [0.2, 0.25) is 0 Å². The fourth-order valence-corrected chi connectivity index (χ4v) is 7.12. The normalized spacial score (nSPS) is 25.1. The molecule has 3 unspecified atom stereocenters. The first-order valence-corrected chi connectivity index (χ1v) is 18.9. The van der Waals surface area contributed by atoms with E-state index < -0.39 is 55.2 Å². The van der Waals surface area contributed by atoms with Crippen LogP contribution in [-0.4, -0.2) is 104 Å². The van der Waals surface area contributed by atoms with Gasteiger partial charge in [0.05, 0.1) is 12.3 Å². The number of aromatic nitrogens is 2. The predicted octanol–water partition coefficient (Wildman–Crippen LogP) is 3.21. The molecule has 0 radical (unpaired) electrons. The Hall–Kier alpha value is -4.80. The number of unbranched alkanes of at least 4 members (excludes halogenated alkanes) is 3. The van der Waals surface area contributed by atoms with E-state index in [0.29, 0.717) is 12.2 Å². The van der Waals surface area contributed by atoms with Crippen molar-refractivity contribution >= 4 is 30.7 Å². The molecule has 2 heterocycles. The third-order valence-electron chi connectivity index (χ3n) is 9.96. The van der Waals surface area contributed by atoms with Gasteiger partial charge in [0.15, 0.2) is 18.7 Å². The van der Waals surface area contributed by atoms with E-state index in [9.17, 15) is 39.0 Å². The van der Waals surface area contributed by atoms with Gasteiger partial charge in [0, 0.05) is 36.8 Å². The highest BCUT2D eigenvalue weighted by Crippen LogP contribution is 2.54. The number of amides is 1. The minimum atomic E-state index is -1.54. The highest BCUT2D eigenvalue weighted by atomic mass is 16.6. The van der Waals surface area contributed by atoms with E-state index >= 15 is 0 Å². The molecule has 8 atom stereocenters. The van der Waals surface area contributed by atoms with Crippen molar-refractivity contribution in [2.45, 2.75) is 115 Å². The van der Waals surface area contributed by atoms with Crippen molar-refractivity contribution in [2.24, 2.45) is 11.8 Å². The number of carboxylic acids is 1. The number of aldehydes is 3. The molecule has 3 aliphatic carbocycles. The topological polar surface area (TPSA) is 245 Å². The van der Waals surface area contributed by atoms with E-state index in [1.807, 2.05) is 6.92 Å². The number of imidazole rings is 1.